The summed E-state index contributed by atoms with van der Waals surface area (Å²) in [5.74, 6) is -0.0772. The van der Waals surface area contributed by atoms with Crippen molar-refractivity contribution >= 4 is 0 Å². The Morgan fingerprint density at radius 3 is 2.59 bits per heavy atom. The van der Waals surface area contributed by atoms with Crippen LogP contribution in [0.5, 0.6) is 5.75 Å². The van der Waals surface area contributed by atoms with Gasteiger partial charge in [0.15, 0.2) is 0 Å². The molecule has 1 aliphatic rings. The SMILES string of the molecule is NC[C@@H]1Cc2c(F)ccc(-c3ccc(C(F)(F)F)nc3)c2O1. The molecule has 0 bridgehead atoms. The van der Waals surface area contributed by atoms with Crippen LogP contribution in [0.3, 0.4) is 0 Å². The highest BCUT2D eigenvalue weighted by Crippen LogP contribution is 2.40. The van der Waals surface area contributed by atoms with Crippen LogP contribution in [0.1, 0.15) is 11.3 Å². The van der Waals surface area contributed by atoms with Gasteiger partial charge in [-0.15, -0.1) is 0 Å². The Hall–Kier alpha value is -2.15. The van der Waals surface area contributed by atoms with Gasteiger partial charge in [-0.25, -0.2) is 4.39 Å². The molecule has 3 nitrogen and oxygen atoms in total. The van der Waals surface area contributed by atoms with Gasteiger partial charge in [0.1, 0.15) is 23.4 Å². The molecule has 116 valence electrons. The molecule has 0 fully saturated rings. The molecular weight excluding hydrogens is 300 g/mol. The number of rotatable bonds is 2. The maximum Gasteiger partial charge on any atom is 0.433 e. The van der Waals surface area contributed by atoms with E-state index in [-0.39, 0.29) is 12.6 Å². The van der Waals surface area contributed by atoms with Crippen LogP contribution in [0.25, 0.3) is 11.1 Å². The highest BCUT2D eigenvalue weighted by Gasteiger charge is 2.32. The minimum Gasteiger partial charge on any atom is -0.488 e. The molecule has 0 spiro atoms. The topological polar surface area (TPSA) is 48.1 Å². The molecule has 22 heavy (non-hydrogen) atoms. The first kappa shape index (κ1) is 14.8. The van der Waals surface area contributed by atoms with Gasteiger partial charge in [-0.2, -0.15) is 13.2 Å². The van der Waals surface area contributed by atoms with E-state index in [1.807, 2.05) is 0 Å². The van der Waals surface area contributed by atoms with Crippen LogP contribution in [-0.4, -0.2) is 17.6 Å². The van der Waals surface area contributed by atoms with Crippen LogP contribution in [0.15, 0.2) is 30.5 Å². The van der Waals surface area contributed by atoms with Gasteiger partial charge in [0.05, 0.1) is 0 Å². The average Bonchev–Trinajstić information content (AvgIpc) is 2.92. The molecule has 1 aromatic heterocycles. The van der Waals surface area contributed by atoms with E-state index in [0.717, 1.165) is 12.3 Å². The first-order chi connectivity index (χ1) is 10.4. The van der Waals surface area contributed by atoms with E-state index in [0.29, 0.717) is 28.9 Å². The Labute approximate surface area is 123 Å². The lowest BCUT2D eigenvalue weighted by Crippen LogP contribution is -2.24. The van der Waals surface area contributed by atoms with E-state index in [1.54, 1.807) is 0 Å². The lowest BCUT2D eigenvalue weighted by molar-refractivity contribution is -0.141. The van der Waals surface area contributed by atoms with E-state index < -0.39 is 17.7 Å². The van der Waals surface area contributed by atoms with E-state index in [4.69, 9.17) is 10.5 Å². The number of ether oxygens (including phenoxy) is 1. The molecule has 0 amide bonds. The molecule has 2 aromatic rings. The lowest BCUT2D eigenvalue weighted by atomic mass is 10.0. The number of nitrogens with zero attached hydrogens (tertiary/aromatic N) is 1. The summed E-state index contributed by atoms with van der Waals surface area (Å²) >= 11 is 0. The Balaban J connectivity index is 2.02. The van der Waals surface area contributed by atoms with Crippen molar-refractivity contribution in [3.63, 3.8) is 0 Å². The minimum absolute atomic E-state index is 0.235. The molecule has 0 radical (unpaired) electrons. The molecule has 0 unspecified atom stereocenters. The summed E-state index contributed by atoms with van der Waals surface area (Å²) in [6, 6.07) is 4.92. The van der Waals surface area contributed by atoms with Gasteiger partial charge >= 0.3 is 6.18 Å². The average molecular weight is 312 g/mol. The number of hydrogen-bond acceptors (Lipinski definition) is 3. The molecule has 7 heteroatoms. The maximum atomic E-state index is 13.8. The third-order valence-corrected chi connectivity index (χ3v) is 3.55. The standard InChI is InChI=1S/C15H12F4N2O/c16-12-3-2-10(14-11(12)5-9(6-20)22-14)8-1-4-13(21-7-8)15(17,18)19/h1-4,7,9H,5-6,20H2/t9-/m0/s1. The zero-order chi connectivity index (χ0) is 15.9. The van der Waals surface area contributed by atoms with Gasteiger partial charge in [-0.3, -0.25) is 4.98 Å². The number of aromatic nitrogens is 1. The first-order valence-electron chi connectivity index (χ1n) is 6.62. The van der Waals surface area contributed by atoms with Crippen LogP contribution in [0.4, 0.5) is 17.6 Å². The van der Waals surface area contributed by atoms with Crippen molar-refractivity contribution in [1.82, 2.24) is 4.98 Å². The fourth-order valence-electron chi connectivity index (χ4n) is 2.44. The summed E-state index contributed by atoms with van der Waals surface area (Å²) in [6.45, 7) is 0.235. The van der Waals surface area contributed by atoms with Crippen molar-refractivity contribution in [1.29, 1.82) is 0 Å². The summed E-state index contributed by atoms with van der Waals surface area (Å²) in [7, 11) is 0. The molecule has 0 aliphatic carbocycles. The predicted octanol–water partition coefficient (Wildman–Crippen LogP) is 3.17. The van der Waals surface area contributed by atoms with Crippen molar-refractivity contribution in [3.05, 3.63) is 47.5 Å². The monoisotopic (exact) mass is 312 g/mol. The molecule has 2 heterocycles. The Morgan fingerprint density at radius 2 is 2.00 bits per heavy atom. The molecule has 0 saturated carbocycles. The number of pyridine rings is 1. The van der Waals surface area contributed by atoms with Crippen molar-refractivity contribution in [2.45, 2.75) is 18.7 Å². The normalized spacial score (nSPS) is 17.2. The summed E-state index contributed by atoms with van der Waals surface area (Å²) < 4.78 is 57.1. The zero-order valence-corrected chi connectivity index (χ0v) is 11.3. The van der Waals surface area contributed by atoms with Crippen molar-refractivity contribution in [2.24, 2.45) is 5.73 Å². The summed E-state index contributed by atoms with van der Waals surface area (Å²) in [5.41, 5.74) is 5.90. The number of halogens is 4. The van der Waals surface area contributed by atoms with E-state index in [9.17, 15) is 17.6 Å². The second-order valence-corrected chi connectivity index (χ2v) is 5.01. The predicted molar refractivity (Wildman–Crippen MR) is 71.8 cm³/mol. The largest absolute Gasteiger partial charge is 0.488 e. The highest BCUT2D eigenvalue weighted by atomic mass is 19.4. The molecule has 2 N–H and O–H groups in total. The van der Waals surface area contributed by atoms with Crippen LogP contribution < -0.4 is 10.5 Å². The fraction of sp³-hybridized carbons (Fsp3) is 0.267. The maximum absolute atomic E-state index is 13.8. The Morgan fingerprint density at radius 1 is 1.23 bits per heavy atom. The van der Waals surface area contributed by atoms with Crippen LogP contribution in [0, 0.1) is 5.82 Å². The van der Waals surface area contributed by atoms with Gasteiger partial charge in [0.25, 0.3) is 0 Å². The fourth-order valence-corrected chi connectivity index (χ4v) is 2.44. The molecule has 3 rings (SSSR count). The quantitative estimate of drug-likeness (QED) is 0.867. The molecule has 1 aromatic carbocycles. The third-order valence-electron chi connectivity index (χ3n) is 3.55. The third kappa shape index (κ3) is 2.52. The van der Waals surface area contributed by atoms with E-state index in [2.05, 4.69) is 4.98 Å². The van der Waals surface area contributed by atoms with Gasteiger partial charge < -0.3 is 10.5 Å². The van der Waals surface area contributed by atoms with Crippen molar-refractivity contribution < 1.29 is 22.3 Å². The van der Waals surface area contributed by atoms with Crippen LogP contribution in [0.2, 0.25) is 0 Å². The minimum atomic E-state index is -4.50. The van der Waals surface area contributed by atoms with Crippen molar-refractivity contribution in [2.75, 3.05) is 6.54 Å². The van der Waals surface area contributed by atoms with Crippen molar-refractivity contribution in [3.8, 4) is 16.9 Å². The van der Waals surface area contributed by atoms with Gasteiger partial charge in [-0.1, -0.05) is 6.07 Å². The summed E-state index contributed by atoms with van der Waals surface area (Å²) in [4.78, 5) is 3.41. The number of fused-ring (bicyclic) bond motifs is 1. The number of benzene rings is 1. The number of hydrogen-bond donors (Lipinski definition) is 1. The summed E-state index contributed by atoms with van der Waals surface area (Å²) in [6.07, 6.45) is -3.37. The van der Waals surface area contributed by atoms with Gasteiger partial charge in [-0.05, 0) is 18.2 Å². The highest BCUT2D eigenvalue weighted by molar-refractivity contribution is 5.72. The van der Waals surface area contributed by atoms with Gasteiger partial charge in [0, 0.05) is 35.9 Å². The second kappa shape index (κ2) is 5.24. The second-order valence-electron chi connectivity index (χ2n) is 5.01. The van der Waals surface area contributed by atoms with Gasteiger partial charge in [0.2, 0.25) is 0 Å². The molecular formula is C15H12F4N2O. The zero-order valence-electron chi connectivity index (χ0n) is 11.3. The van der Waals surface area contributed by atoms with E-state index in [1.165, 1.54) is 18.2 Å². The lowest BCUT2D eigenvalue weighted by Gasteiger charge is -2.12. The van der Waals surface area contributed by atoms with Crippen LogP contribution in [-0.2, 0) is 12.6 Å². The number of nitrogens with two attached hydrogens (primary N) is 1. The first-order valence-corrected chi connectivity index (χ1v) is 6.62. The summed E-state index contributed by atoms with van der Waals surface area (Å²) in [5, 5.41) is 0. The van der Waals surface area contributed by atoms with Crippen LogP contribution >= 0.6 is 0 Å². The molecule has 1 aliphatic heterocycles. The number of alkyl halides is 3. The Kier molecular flexibility index (Phi) is 3.52. The Bertz CT molecular complexity index is 698. The van der Waals surface area contributed by atoms with E-state index >= 15 is 0 Å². The molecule has 1 atom stereocenters. The smallest absolute Gasteiger partial charge is 0.433 e. The molecule has 0 saturated heterocycles.